The summed E-state index contributed by atoms with van der Waals surface area (Å²) < 4.78 is 5.23. The van der Waals surface area contributed by atoms with E-state index >= 15 is 0 Å². The molecule has 2 rings (SSSR count). The van der Waals surface area contributed by atoms with Gasteiger partial charge in [0.1, 0.15) is 16.4 Å². The summed E-state index contributed by atoms with van der Waals surface area (Å²) >= 11 is 12.2. The Morgan fingerprint density at radius 3 is 2.69 bits per heavy atom. The van der Waals surface area contributed by atoms with Gasteiger partial charge in [-0.1, -0.05) is 30.1 Å². The molecule has 0 N–H and O–H groups in total. The molecule has 1 heterocycles. The van der Waals surface area contributed by atoms with Crippen molar-refractivity contribution in [3.63, 3.8) is 0 Å². The molecule has 4 heteroatoms. The summed E-state index contributed by atoms with van der Waals surface area (Å²) in [6.45, 7) is 2.03. The van der Waals surface area contributed by atoms with Gasteiger partial charge in [0, 0.05) is 5.39 Å². The summed E-state index contributed by atoms with van der Waals surface area (Å²) in [4.78, 5) is 4.33. The Labute approximate surface area is 104 Å². The van der Waals surface area contributed by atoms with E-state index in [4.69, 9.17) is 27.9 Å². The van der Waals surface area contributed by atoms with Gasteiger partial charge < -0.3 is 4.74 Å². The fourth-order valence-electron chi connectivity index (χ4n) is 1.63. The van der Waals surface area contributed by atoms with Crippen molar-refractivity contribution < 1.29 is 4.74 Å². The highest BCUT2D eigenvalue weighted by molar-refractivity contribution is 6.36. The molecule has 84 valence electrons. The number of aromatic nitrogens is 1. The van der Waals surface area contributed by atoms with Gasteiger partial charge in [0.15, 0.2) is 0 Å². The van der Waals surface area contributed by atoms with Crippen molar-refractivity contribution in [2.45, 2.75) is 13.3 Å². The van der Waals surface area contributed by atoms with Crippen molar-refractivity contribution in [3.05, 3.63) is 33.9 Å². The zero-order valence-electron chi connectivity index (χ0n) is 9.05. The molecule has 0 amide bonds. The summed E-state index contributed by atoms with van der Waals surface area (Å²) in [5, 5.41) is 2.05. The molecule has 0 saturated heterocycles. The first kappa shape index (κ1) is 11.5. The first-order chi connectivity index (χ1) is 7.67. The highest BCUT2D eigenvalue weighted by Gasteiger charge is 2.10. The van der Waals surface area contributed by atoms with Crippen molar-refractivity contribution in [2.24, 2.45) is 0 Å². The first-order valence-electron chi connectivity index (χ1n) is 4.99. The topological polar surface area (TPSA) is 22.1 Å². The monoisotopic (exact) mass is 255 g/mol. The van der Waals surface area contributed by atoms with Gasteiger partial charge in [0.2, 0.25) is 0 Å². The van der Waals surface area contributed by atoms with Crippen LogP contribution >= 0.6 is 23.2 Å². The first-order valence-corrected chi connectivity index (χ1v) is 5.74. The number of methoxy groups -OCH3 is 1. The van der Waals surface area contributed by atoms with Gasteiger partial charge >= 0.3 is 0 Å². The Bertz CT molecular complexity index is 540. The lowest BCUT2D eigenvalue weighted by Gasteiger charge is -2.08. The summed E-state index contributed by atoms with van der Waals surface area (Å²) in [7, 11) is 1.60. The summed E-state index contributed by atoms with van der Waals surface area (Å²) in [5.74, 6) is 0.684. The second-order valence-corrected chi connectivity index (χ2v) is 4.20. The number of pyridine rings is 1. The zero-order chi connectivity index (χ0) is 11.7. The molecular formula is C12H11Cl2NO. The molecular weight excluding hydrogens is 245 g/mol. The van der Waals surface area contributed by atoms with Gasteiger partial charge in [-0.25, -0.2) is 4.98 Å². The van der Waals surface area contributed by atoms with E-state index in [1.54, 1.807) is 19.2 Å². The minimum absolute atomic E-state index is 0.510. The lowest BCUT2D eigenvalue weighted by atomic mass is 10.1. The average molecular weight is 256 g/mol. The van der Waals surface area contributed by atoms with Crippen molar-refractivity contribution in [1.82, 2.24) is 4.98 Å². The number of halogens is 2. The van der Waals surface area contributed by atoms with E-state index in [0.29, 0.717) is 21.4 Å². The number of fused-ring (bicyclic) bond motifs is 1. The van der Waals surface area contributed by atoms with Gasteiger partial charge in [-0.15, -0.1) is 0 Å². The van der Waals surface area contributed by atoms with E-state index < -0.39 is 0 Å². The van der Waals surface area contributed by atoms with Crippen LogP contribution in [0.5, 0.6) is 5.75 Å². The molecule has 0 aliphatic carbocycles. The molecule has 0 fully saturated rings. The molecule has 2 nitrogen and oxygen atoms in total. The van der Waals surface area contributed by atoms with E-state index in [0.717, 1.165) is 17.4 Å². The van der Waals surface area contributed by atoms with E-state index in [1.165, 1.54) is 0 Å². The molecule has 1 aromatic carbocycles. The molecule has 2 aromatic rings. The maximum Gasteiger partial charge on any atom is 0.145 e. The van der Waals surface area contributed by atoms with Gasteiger partial charge in [-0.3, -0.25) is 0 Å². The maximum atomic E-state index is 6.13. The molecule has 0 bridgehead atoms. The largest absolute Gasteiger partial charge is 0.494 e. The van der Waals surface area contributed by atoms with E-state index in [9.17, 15) is 0 Å². The Hall–Kier alpha value is -0.990. The third-order valence-corrected chi connectivity index (χ3v) is 3.18. The van der Waals surface area contributed by atoms with Gasteiger partial charge in [-0.2, -0.15) is 0 Å². The van der Waals surface area contributed by atoms with Crippen LogP contribution in [0, 0.1) is 0 Å². The van der Waals surface area contributed by atoms with Crippen LogP contribution in [0.3, 0.4) is 0 Å². The van der Waals surface area contributed by atoms with E-state index in [2.05, 4.69) is 4.98 Å². The summed E-state index contributed by atoms with van der Waals surface area (Å²) in [5.41, 5.74) is 1.70. The van der Waals surface area contributed by atoms with Crippen molar-refractivity contribution in [2.75, 3.05) is 7.11 Å². The molecule has 0 radical (unpaired) electrons. The Morgan fingerprint density at radius 1 is 1.31 bits per heavy atom. The van der Waals surface area contributed by atoms with Crippen LogP contribution in [-0.2, 0) is 6.42 Å². The number of hydrogen-bond acceptors (Lipinski definition) is 2. The van der Waals surface area contributed by atoms with Crippen LogP contribution in [-0.4, -0.2) is 12.1 Å². The Balaban J connectivity index is 2.82. The third kappa shape index (κ3) is 1.83. The Morgan fingerprint density at radius 2 is 2.06 bits per heavy atom. The minimum Gasteiger partial charge on any atom is -0.494 e. The number of benzene rings is 1. The van der Waals surface area contributed by atoms with Crippen LogP contribution in [0.2, 0.25) is 10.2 Å². The van der Waals surface area contributed by atoms with Crippen molar-refractivity contribution in [3.8, 4) is 5.75 Å². The molecule has 1 aromatic heterocycles. The third-order valence-electron chi connectivity index (χ3n) is 2.52. The van der Waals surface area contributed by atoms with Crippen molar-refractivity contribution in [1.29, 1.82) is 0 Å². The van der Waals surface area contributed by atoms with Crippen LogP contribution in [0.1, 0.15) is 12.5 Å². The molecule has 0 atom stereocenters. The van der Waals surface area contributed by atoms with E-state index in [-0.39, 0.29) is 0 Å². The van der Waals surface area contributed by atoms with Crippen LogP contribution in [0.15, 0.2) is 18.2 Å². The number of nitrogens with zero attached hydrogens (tertiary/aromatic N) is 1. The zero-order valence-corrected chi connectivity index (χ0v) is 10.6. The fraction of sp³-hybridized carbons (Fsp3) is 0.250. The molecule has 0 aliphatic heterocycles. The minimum atomic E-state index is 0.510. The SMILES string of the molecule is CCc1cc2c(Cl)ccc(OC)c2nc1Cl. The normalized spacial score (nSPS) is 10.8. The predicted octanol–water partition coefficient (Wildman–Crippen LogP) is 4.11. The van der Waals surface area contributed by atoms with E-state index in [1.807, 2.05) is 13.0 Å². The summed E-state index contributed by atoms with van der Waals surface area (Å²) in [6, 6.07) is 5.56. The number of hydrogen-bond donors (Lipinski definition) is 0. The van der Waals surface area contributed by atoms with Crippen LogP contribution < -0.4 is 4.74 Å². The smallest absolute Gasteiger partial charge is 0.145 e. The highest BCUT2D eigenvalue weighted by atomic mass is 35.5. The molecule has 0 aliphatic rings. The van der Waals surface area contributed by atoms with Crippen molar-refractivity contribution >= 4 is 34.1 Å². The van der Waals surface area contributed by atoms with Gasteiger partial charge in [-0.05, 0) is 30.2 Å². The Kier molecular flexibility index (Phi) is 3.22. The molecule has 16 heavy (non-hydrogen) atoms. The fourth-order valence-corrected chi connectivity index (χ4v) is 2.11. The lowest BCUT2D eigenvalue weighted by Crippen LogP contribution is -1.92. The standard InChI is InChI=1S/C12H11Cl2NO/c1-3-7-6-8-9(13)4-5-10(16-2)11(8)15-12(7)14/h4-6H,3H2,1-2H3. The molecule has 0 spiro atoms. The predicted molar refractivity (Wildman–Crippen MR) is 67.7 cm³/mol. The van der Waals surface area contributed by atoms with Gasteiger partial charge in [0.05, 0.1) is 12.1 Å². The lowest BCUT2D eigenvalue weighted by molar-refractivity contribution is 0.419. The van der Waals surface area contributed by atoms with Crippen LogP contribution in [0.4, 0.5) is 0 Å². The number of aryl methyl sites for hydroxylation is 1. The average Bonchev–Trinajstić information content (AvgIpc) is 2.29. The maximum absolute atomic E-state index is 6.13. The number of rotatable bonds is 2. The second kappa shape index (κ2) is 4.48. The summed E-state index contributed by atoms with van der Waals surface area (Å²) in [6.07, 6.45) is 0.829. The molecule has 0 saturated carbocycles. The highest BCUT2D eigenvalue weighted by Crippen LogP contribution is 2.32. The number of ether oxygens (including phenoxy) is 1. The van der Waals surface area contributed by atoms with Crippen LogP contribution in [0.25, 0.3) is 10.9 Å². The quantitative estimate of drug-likeness (QED) is 0.754. The molecule has 0 unspecified atom stereocenters. The van der Waals surface area contributed by atoms with Gasteiger partial charge in [0.25, 0.3) is 0 Å². The second-order valence-electron chi connectivity index (χ2n) is 3.44.